The van der Waals surface area contributed by atoms with Crippen LogP contribution < -0.4 is 20.6 Å². The molecular weight excluding hydrogens is 856 g/mol. The highest BCUT2D eigenvalue weighted by atomic mass is 15.2. The lowest BCUT2D eigenvalue weighted by atomic mass is 9.41. The highest BCUT2D eigenvalue weighted by Gasteiger charge is 2.53. The average molecular weight is 937 g/mol. The largest absolute Gasteiger partial charge is 0.376 e. The molecular formula is C68H81BN2. The fraction of sp³-hybridized carbons (Fsp3) is 0.471. The number of hydrogen-bond acceptors (Lipinski definition) is 2. The molecule has 0 fully saturated rings. The molecule has 2 nitrogen and oxygen atoms in total. The summed E-state index contributed by atoms with van der Waals surface area (Å²) in [5.74, 6) is 0. The highest BCUT2D eigenvalue weighted by molar-refractivity contribution is 6.94. The van der Waals surface area contributed by atoms with Crippen LogP contribution in [0.15, 0.2) is 91.0 Å². The Hall–Kier alpha value is -5.02. The number of anilines is 5. The number of aryl methyl sites for hydroxylation is 1. The van der Waals surface area contributed by atoms with E-state index in [4.69, 9.17) is 0 Å². The van der Waals surface area contributed by atoms with Crippen molar-refractivity contribution in [3.8, 4) is 22.3 Å². The lowest BCUT2D eigenvalue weighted by molar-refractivity contribution is 0.332. The molecule has 0 bridgehead atoms. The molecule has 0 radical (unpaired) electrons. The second-order valence-corrected chi connectivity index (χ2v) is 29.0. The van der Waals surface area contributed by atoms with E-state index in [0.29, 0.717) is 0 Å². The maximum Gasteiger partial charge on any atom is 0.333 e. The molecule has 6 aliphatic rings. The summed E-state index contributed by atoms with van der Waals surface area (Å²) in [5.41, 5.74) is 30.0. The quantitative estimate of drug-likeness (QED) is 0.160. The molecule has 366 valence electrons. The highest BCUT2D eigenvalue weighted by Crippen LogP contribution is 2.58. The average Bonchev–Trinajstić information content (AvgIpc) is 3.53. The molecule has 0 unspecified atom stereocenters. The van der Waals surface area contributed by atoms with Crippen molar-refractivity contribution in [3.63, 3.8) is 0 Å². The van der Waals surface area contributed by atoms with Crippen LogP contribution in [0.5, 0.6) is 0 Å². The molecule has 71 heavy (non-hydrogen) atoms. The van der Waals surface area contributed by atoms with Gasteiger partial charge in [0.15, 0.2) is 0 Å². The summed E-state index contributed by atoms with van der Waals surface area (Å²) in [7, 11) is 0. The fourth-order valence-corrected chi connectivity index (χ4v) is 15.1. The van der Waals surface area contributed by atoms with Gasteiger partial charge in [0.2, 0.25) is 0 Å². The number of nitrogens with zero attached hydrogens (tertiary/aromatic N) is 2. The smallest absolute Gasteiger partial charge is 0.333 e. The minimum Gasteiger partial charge on any atom is -0.376 e. The molecule has 0 aromatic heterocycles. The molecule has 0 spiro atoms. The number of fused-ring (bicyclic) bond motifs is 11. The van der Waals surface area contributed by atoms with Crippen LogP contribution in [0.1, 0.15) is 212 Å². The van der Waals surface area contributed by atoms with Gasteiger partial charge in [0.25, 0.3) is 0 Å². The van der Waals surface area contributed by atoms with Crippen molar-refractivity contribution in [2.24, 2.45) is 0 Å². The molecule has 0 N–H and O–H groups in total. The Kier molecular flexibility index (Phi) is 9.53. The van der Waals surface area contributed by atoms with E-state index >= 15 is 0 Å². The van der Waals surface area contributed by atoms with Crippen molar-refractivity contribution in [2.45, 2.75) is 206 Å². The second-order valence-electron chi connectivity index (χ2n) is 29.0. The van der Waals surface area contributed by atoms with Crippen LogP contribution in [-0.4, -0.2) is 6.85 Å². The Labute approximate surface area is 429 Å². The SMILES string of the molecule is Cc1cc2c(cc1N1c3cc(C(C)(C)C)cc4c3B(c3c1ccc1c3C(C)(C)c3ccccc3-1)N(c1ccc3c(c1)C(C)(C)CCC3(C)C)c1cc3c(cc1-4)C(C)(C)CCC3(C)C)C(C)(C)CCC2(C)C. The lowest BCUT2D eigenvalue weighted by Gasteiger charge is -2.50. The van der Waals surface area contributed by atoms with Crippen molar-refractivity contribution in [2.75, 3.05) is 9.71 Å². The summed E-state index contributed by atoms with van der Waals surface area (Å²) < 4.78 is 0. The third kappa shape index (κ3) is 6.51. The lowest BCUT2D eigenvalue weighted by Crippen LogP contribution is -2.63. The zero-order valence-electron chi connectivity index (χ0n) is 46.9. The number of benzene rings is 6. The van der Waals surface area contributed by atoms with E-state index in [1.54, 1.807) is 0 Å². The maximum atomic E-state index is 2.88. The summed E-state index contributed by atoms with van der Waals surface area (Å²) in [6.45, 7) is 44.5. The fourth-order valence-electron chi connectivity index (χ4n) is 15.1. The Balaban J connectivity index is 1.27. The van der Waals surface area contributed by atoms with Gasteiger partial charge < -0.3 is 9.71 Å². The van der Waals surface area contributed by atoms with Crippen molar-refractivity contribution in [1.82, 2.24) is 0 Å². The second kappa shape index (κ2) is 14.4. The van der Waals surface area contributed by atoms with Gasteiger partial charge in [-0.15, -0.1) is 0 Å². The predicted molar refractivity (Wildman–Crippen MR) is 307 cm³/mol. The third-order valence-corrected chi connectivity index (χ3v) is 20.1. The first kappa shape index (κ1) is 47.0. The summed E-state index contributed by atoms with van der Waals surface area (Å²) in [6, 6.07) is 38.0. The van der Waals surface area contributed by atoms with E-state index in [0.717, 1.165) is 0 Å². The first-order valence-electron chi connectivity index (χ1n) is 27.5. The predicted octanol–water partition coefficient (Wildman–Crippen LogP) is 17.4. The Morgan fingerprint density at radius 2 is 0.930 bits per heavy atom. The Morgan fingerprint density at radius 1 is 0.408 bits per heavy atom. The van der Waals surface area contributed by atoms with Crippen LogP contribution in [0.4, 0.5) is 28.4 Å². The minimum atomic E-state index is -0.238. The van der Waals surface area contributed by atoms with Gasteiger partial charge in [-0.2, -0.15) is 0 Å². The van der Waals surface area contributed by atoms with E-state index < -0.39 is 0 Å². The molecule has 0 saturated carbocycles. The van der Waals surface area contributed by atoms with Gasteiger partial charge in [0, 0.05) is 39.4 Å². The van der Waals surface area contributed by atoms with Gasteiger partial charge in [-0.3, -0.25) is 0 Å². The van der Waals surface area contributed by atoms with E-state index in [-0.39, 0.29) is 50.2 Å². The zero-order chi connectivity index (χ0) is 50.7. The number of rotatable bonds is 2. The van der Waals surface area contributed by atoms with Crippen molar-refractivity contribution < 1.29 is 0 Å². The molecule has 6 aromatic carbocycles. The van der Waals surface area contributed by atoms with Gasteiger partial charge in [0.05, 0.1) is 0 Å². The van der Waals surface area contributed by atoms with Crippen molar-refractivity contribution >= 4 is 46.2 Å². The van der Waals surface area contributed by atoms with Gasteiger partial charge in [0.1, 0.15) is 0 Å². The summed E-state index contributed by atoms with van der Waals surface area (Å²) >= 11 is 0. The summed E-state index contributed by atoms with van der Waals surface area (Å²) in [4.78, 5) is 5.66. The van der Waals surface area contributed by atoms with Crippen molar-refractivity contribution in [1.29, 1.82) is 0 Å². The molecule has 2 heterocycles. The first-order valence-corrected chi connectivity index (χ1v) is 27.5. The Morgan fingerprint density at radius 3 is 1.52 bits per heavy atom. The molecule has 6 aromatic rings. The normalized spacial score (nSPS) is 21.5. The monoisotopic (exact) mass is 937 g/mol. The maximum absolute atomic E-state index is 2.88. The van der Waals surface area contributed by atoms with Crippen LogP contribution >= 0.6 is 0 Å². The summed E-state index contributed by atoms with van der Waals surface area (Å²) in [6.07, 6.45) is 7.13. The molecule has 0 amide bonds. The molecule has 12 rings (SSSR count). The van der Waals surface area contributed by atoms with Gasteiger partial charge in [-0.05, 0) is 209 Å². The van der Waals surface area contributed by atoms with Gasteiger partial charge in [-0.1, -0.05) is 166 Å². The van der Waals surface area contributed by atoms with E-state index in [1.165, 1.54) is 156 Å². The molecule has 2 aliphatic heterocycles. The van der Waals surface area contributed by atoms with Gasteiger partial charge in [-0.25, -0.2) is 0 Å². The third-order valence-electron chi connectivity index (χ3n) is 20.1. The van der Waals surface area contributed by atoms with Crippen LogP contribution in [0, 0.1) is 6.92 Å². The summed E-state index contributed by atoms with van der Waals surface area (Å²) in [5, 5.41) is 0. The van der Waals surface area contributed by atoms with Gasteiger partial charge >= 0.3 is 6.85 Å². The van der Waals surface area contributed by atoms with E-state index in [2.05, 4.69) is 225 Å². The topological polar surface area (TPSA) is 6.48 Å². The molecule has 4 aliphatic carbocycles. The minimum absolute atomic E-state index is 0.0462. The number of hydrogen-bond donors (Lipinski definition) is 0. The molecule has 0 saturated heterocycles. The first-order chi connectivity index (χ1) is 33.0. The Bertz CT molecular complexity index is 3300. The van der Waals surface area contributed by atoms with E-state index in [1.807, 2.05) is 0 Å². The van der Waals surface area contributed by atoms with Crippen LogP contribution in [0.3, 0.4) is 0 Å². The zero-order valence-corrected chi connectivity index (χ0v) is 46.9. The van der Waals surface area contributed by atoms with E-state index in [9.17, 15) is 0 Å². The molecule has 3 heteroatoms. The van der Waals surface area contributed by atoms with Crippen LogP contribution in [0.2, 0.25) is 0 Å². The van der Waals surface area contributed by atoms with Crippen LogP contribution in [-0.2, 0) is 43.3 Å². The molecule has 0 atom stereocenters. The van der Waals surface area contributed by atoms with Crippen molar-refractivity contribution in [3.05, 3.63) is 147 Å². The van der Waals surface area contributed by atoms with Crippen LogP contribution in [0.25, 0.3) is 22.3 Å². The standard InChI is InChI=1S/C68H81BN2/c1-40-33-49-52(66(13,14)31-29-63(49,7)8)38-55(40)70-54-26-24-44-43-21-19-20-22-47(43)68(17,18)58(44)60(54)69-59-46(34-41(35-57(59)70)61(2,3)4)45-37-51-53(67(15,16)32-30-65(51,11)12)39-56(45)71(69)42-23-25-48-50(36-42)64(9,10)28-27-62(48,5)6/h19-26,33-39H,27-32H2,1-18H3.